The Balaban J connectivity index is 1.46. The van der Waals surface area contributed by atoms with Gasteiger partial charge in [0.2, 0.25) is 0 Å². The van der Waals surface area contributed by atoms with Gasteiger partial charge in [0, 0.05) is 23.2 Å². The highest BCUT2D eigenvalue weighted by molar-refractivity contribution is 5.57. The Labute approximate surface area is 159 Å². The van der Waals surface area contributed by atoms with E-state index in [0.717, 1.165) is 30.6 Å². The molecule has 27 heavy (non-hydrogen) atoms. The minimum absolute atomic E-state index is 0.0757. The number of phenols is 1. The van der Waals surface area contributed by atoms with E-state index >= 15 is 0 Å². The fourth-order valence-electron chi connectivity index (χ4n) is 4.52. The van der Waals surface area contributed by atoms with E-state index in [1.807, 2.05) is 24.3 Å². The number of ether oxygens (including phenoxy) is 1. The lowest BCUT2D eigenvalue weighted by atomic mass is 9.77. The monoisotopic (exact) mass is 357 g/mol. The summed E-state index contributed by atoms with van der Waals surface area (Å²) in [7, 11) is 0. The van der Waals surface area contributed by atoms with Crippen molar-refractivity contribution in [2.45, 2.75) is 31.4 Å². The van der Waals surface area contributed by atoms with Gasteiger partial charge in [-0.2, -0.15) is 0 Å². The maximum atomic E-state index is 10.1. The Kier molecular flexibility index (Phi) is 4.01. The van der Waals surface area contributed by atoms with Crippen molar-refractivity contribution in [3.05, 3.63) is 89.5 Å². The van der Waals surface area contributed by atoms with Crippen molar-refractivity contribution in [1.82, 2.24) is 0 Å². The van der Waals surface area contributed by atoms with Gasteiger partial charge in [0.05, 0.1) is 0 Å². The summed E-state index contributed by atoms with van der Waals surface area (Å²) in [5.41, 5.74) is 4.70. The Bertz CT molecular complexity index is 968. The van der Waals surface area contributed by atoms with Crippen molar-refractivity contribution in [3.63, 3.8) is 0 Å². The van der Waals surface area contributed by atoms with Gasteiger partial charge < -0.3 is 15.2 Å². The molecule has 0 saturated carbocycles. The molecule has 2 aliphatic heterocycles. The summed E-state index contributed by atoms with van der Waals surface area (Å²) < 4.78 is 6.48. The van der Waals surface area contributed by atoms with Gasteiger partial charge in [0.1, 0.15) is 17.6 Å². The molecule has 136 valence electrons. The maximum Gasteiger partial charge on any atom is 0.131 e. The number of phenolic OH excluding ortho intramolecular Hbond substituents is 1. The number of aryl methyl sites for hydroxylation is 1. The van der Waals surface area contributed by atoms with Crippen LogP contribution >= 0.6 is 0 Å². The molecular formula is C24H23NO2. The largest absolute Gasteiger partial charge is 0.508 e. The smallest absolute Gasteiger partial charge is 0.131 e. The lowest BCUT2D eigenvalue weighted by Crippen LogP contribution is -2.43. The Morgan fingerprint density at radius 2 is 1.70 bits per heavy atom. The molecular weight excluding hydrogens is 334 g/mol. The van der Waals surface area contributed by atoms with Gasteiger partial charge in [-0.1, -0.05) is 54.6 Å². The van der Waals surface area contributed by atoms with E-state index in [4.69, 9.17) is 4.74 Å². The van der Waals surface area contributed by atoms with Crippen LogP contribution in [0.4, 0.5) is 5.69 Å². The van der Waals surface area contributed by atoms with Crippen molar-refractivity contribution in [1.29, 1.82) is 0 Å². The van der Waals surface area contributed by atoms with Gasteiger partial charge in [-0.15, -0.1) is 0 Å². The van der Waals surface area contributed by atoms with Crippen LogP contribution in [0.2, 0.25) is 0 Å². The van der Waals surface area contributed by atoms with Crippen molar-refractivity contribution < 1.29 is 9.84 Å². The van der Waals surface area contributed by atoms with Crippen LogP contribution in [0.5, 0.6) is 11.5 Å². The van der Waals surface area contributed by atoms with E-state index in [2.05, 4.69) is 47.8 Å². The topological polar surface area (TPSA) is 41.5 Å². The maximum absolute atomic E-state index is 10.1. The highest BCUT2D eigenvalue weighted by Gasteiger charge is 2.40. The zero-order valence-electron chi connectivity index (χ0n) is 15.1. The second-order valence-electron chi connectivity index (χ2n) is 7.52. The van der Waals surface area contributed by atoms with E-state index in [1.54, 1.807) is 6.07 Å². The number of anilines is 1. The first kappa shape index (κ1) is 16.2. The molecule has 0 radical (unpaired) electrons. The SMILES string of the molecule is Oc1ccccc1CC[C@@H]1Nc2ccccc2[C@H]2Oc3ccccc3C[C@@H]12. The van der Waals surface area contributed by atoms with E-state index in [0.29, 0.717) is 17.7 Å². The molecule has 3 heteroatoms. The molecule has 0 aliphatic carbocycles. The first-order valence-corrected chi connectivity index (χ1v) is 9.66. The van der Waals surface area contributed by atoms with Gasteiger partial charge in [0.15, 0.2) is 0 Å². The van der Waals surface area contributed by atoms with E-state index in [9.17, 15) is 5.11 Å². The Morgan fingerprint density at radius 3 is 2.63 bits per heavy atom. The van der Waals surface area contributed by atoms with E-state index < -0.39 is 0 Å². The zero-order valence-corrected chi connectivity index (χ0v) is 15.1. The Hall–Kier alpha value is -2.94. The summed E-state index contributed by atoms with van der Waals surface area (Å²) >= 11 is 0. The fourth-order valence-corrected chi connectivity index (χ4v) is 4.52. The highest BCUT2D eigenvalue weighted by atomic mass is 16.5. The number of para-hydroxylation sites is 3. The van der Waals surface area contributed by atoms with Gasteiger partial charge in [-0.05, 0) is 48.6 Å². The van der Waals surface area contributed by atoms with Gasteiger partial charge >= 0.3 is 0 Å². The number of benzene rings is 3. The molecule has 0 spiro atoms. The summed E-state index contributed by atoms with van der Waals surface area (Å²) in [5.74, 6) is 1.77. The molecule has 2 N–H and O–H groups in total. The molecule has 5 rings (SSSR count). The zero-order chi connectivity index (χ0) is 18.2. The van der Waals surface area contributed by atoms with E-state index in [-0.39, 0.29) is 6.10 Å². The number of aromatic hydroxyl groups is 1. The van der Waals surface area contributed by atoms with Crippen molar-refractivity contribution in [2.24, 2.45) is 5.92 Å². The molecule has 0 saturated heterocycles. The van der Waals surface area contributed by atoms with Gasteiger partial charge in [-0.25, -0.2) is 0 Å². The average molecular weight is 357 g/mol. The van der Waals surface area contributed by atoms with Crippen LogP contribution in [-0.4, -0.2) is 11.1 Å². The minimum atomic E-state index is 0.0757. The third kappa shape index (κ3) is 2.93. The van der Waals surface area contributed by atoms with Crippen LogP contribution in [0.25, 0.3) is 0 Å². The van der Waals surface area contributed by atoms with Crippen LogP contribution in [-0.2, 0) is 12.8 Å². The molecule has 3 aromatic carbocycles. The van der Waals surface area contributed by atoms with Gasteiger partial charge in [-0.3, -0.25) is 0 Å². The fraction of sp³-hybridized carbons (Fsp3) is 0.250. The average Bonchev–Trinajstić information content (AvgIpc) is 2.72. The van der Waals surface area contributed by atoms with Crippen LogP contribution < -0.4 is 10.1 Å². The number of rotatable bonds is 3. The van der Waals surface area contributed by atoms with Crippen molar-refractivity contribution in [3.8, 4) is 11.5 Å². The molecule has 0 unspecified atom stereocenters. The molecule has 0 bridgehead atoms. The molecule has 0 fully saturated rings. The number of hydrogen-bond acceptors (Lipinski definition) is 3. The highest BCUT2D eigenvalue weighted by Crippen LogP contribution is 2.46. The number of nitrogens with one attached hydrogen (secondary N) is 1. The lowest BCUT2D eigenvalue weighted by molar-refractivity contribution is 0.0935. The summed E-state index contributed by atoms with van der Waals surface area (Å²) in [6, 6.07) is 24.8. The van der Waals surface area contributed by atoms with Crippen molar-refractivity contribution >= 4 is 5.69 Å². The quantitative estimate of drug-likeness (QED) is 0.684. The molecule has 3 nitrogen and oxygen atoms in total. The van der Waals surface area contributed by atoms with E-state index in [1.165, 1.54) is 16.8 Å². The molecule has 0 amide bonds. The molecule has 2 aliphatic rings. The van der Waals surface area contributed by atoms with Crippen molar-refractivity contribution in [2.75, 3.05) is 5.32 Å². The normalized spacial score (nSPS) is 22.6. The van der Waals surface area contributed by atoms with Crippen LogP contribution in [0, 0.1) is 5.92 Å². The first-order valence-electron chi connectivity index (χ1n) is 9.66. The van der Waals surface area contributed by atoms with Gasteiger partial charge in [0.25, 0.3) is 0 Å². The standard InChI is InChI=1S/C24H23NO2/c26-22-11-5-1-7-16(22)13-14-21-19-15-17-8-2-6-12-23(17)27-24(19)18-9-3-4-10-20(18)25-21/h1-12,19,21,24-26H,13-15H2/t19-,21-,24+/m0/s1. The molecule has 2 heterocycles. The predicted octanol–water partition coefficient (Wildman–Crippen LogP) is 5.11. The Morgan fingerprint density at radius 1 is 0.926 bits per heavy atom. The molecule has 3 atom stereocenters. The third-order valence-electron chi connectivity index (χ3n) is 5.91. The lowest BCUT2D eigenvalue weighted by Gasteiger charge is -2.44. The summed E-state index contributed by atoms with van der Waals surface area (Å²) in [4.78, 5) is 0. The third-order valence-corrected chi connectivity index (χ3v) is 5.91. The van der Waals surface area contributed by atoms with Crippen LogP contribution in [0.1, 0.15) is 29.2 Å². The minimum Gasteiger partial charge on any atom is -0.508 e. The number of hydrogen-bond donors (Lipinski definition) is 2. The first-order chi connectivity index (χ1) is 13.3. The summed E-state index contributed by atoms with van der Waals surface area (Å²) in [6.45, 7) is 0. The van der Waals surface area contributed by atoms with Crippen LogP contribution in [0.15, 0.2) is 72.8 Å². The molecule has 0 aromatic heterocycles. The predicted molar refractivity (Wildman–Crippen MR) is 107 cm³/mol. The second-order valence-corrected chi connectivity index (χ2v) is 7.52. The van der Waals surface area contributed by atoms with Crippen LogP contribution in [0.3, 0.4) is 0 Å². The summed E-state index contributed by atoms with van der Waals surface area (Å²) in [6.07, 6.45) is 2.88. The second kappa shape index (κ2) is 6.66. The number of fused-ring (bicyclic) bond motifs is 4. The molecule has 3 aromatic rings. The summed E-state index contributed by atoms with van der Waals surface area (Å²) in [5, 5.41) is 13.9.